The van der Waals surface area contributed by atoms with Crippen LogP contribution >= 0.6 is 0 Å². The van der Waals surface area contributed by atoms with E-state index in [1.807, 2.05) is 11.8 Å². The van der Waals surface area contributed by atoms with Gasteiger partial charge in [0.05, 0.1) is 12.7 Å². The third kappa shape index (κ3) is 3.55. The zero-order valence-corrected chi connectivity index (χ0v) is 17.0. The van der Waals surface area contributed by atoms with Crippen molar-refractivity contribution in [2.75, 3.05) is 13.1 Å². The molecule has 1 aliphatic rings. The van der Waals surface area contributed by atoms with Crippen LogP contribution in [0.3, 0.4) is 0 Å². The van der Waals surface area contributed by atoms with E-state index in [1.54, 1.807) is 6.26 Å². The highest BCUT2D eigenvalue weighted by atomic mass is 16.5. The highest BCUT2D eigenvalue weighted by Gasteiger charge is 2.27. The first-order valence-corrected chi connectivity index (χ1v) is 10.0. The fraction of sp³-hybridized carbons (Fsp3) is 0.500. The Kier molecular flexibility index (Phi) is 4.96. The van der Waals surface area contributed by atoms with Gasteiger partial charge in [0.2, 0.25) is 11.8 Å². The average molecular weight is 381 g/mol. The Morgan fingerprint density at radius 2 is 2.00 bits per heavy atom. The molecular weight excluding hydrogens is 354 g/mol. The second-order valence-corrected chi connectivity index (χ2v) is 8.13. The summed E-state index contributed by atoms with van der Waals surface area (Å²) in [7, 11) is 0. The molecule has 0 bridgehead atoms. The van der Waals surface area contributed by atoms with Crippen LogP contribution in [-0.2, 0) is 11.2 Å². The molecule has 0 N–H and O–H groups in total. The highest BCUT2D eigenvalue weighted by molar-refractivity contribution is 5.88. The van der Waals surface area contributed by atoms with Crippen LogP contribution < -0.4 is 0 Å². The number of aromatic nitrogens is 2. The molecule has 148 valence electrons. The Morgan fingerprint density at radius 1 is 1.25 bits per heavy atom. The summed E-state index contributed by atoms with van der Waals surface area (Å²) >= 11 is 0. The number of hydrogen-bond donors (Lipinski definition) is 0. The number of carbonyl (C=O) groups excluding carboxylic acids is 1. The number of nitrogens with zero attached hydrogens (tertiary/aromatic N) is 3. The molecule has 3 heterocycles. The van der Waals surface area contributed by atoms with Crippen molar-refractivity contribution in [2.24, 2.45) is 0 Å². The van der Waals surface area contributed by atoms with Crippen molar-refractivity contribution in [2.45, 2.75) is 58.8 Å². The molecule has 1 aliphatic heterocycles. The van der Waals surface area contributed by atoms with Gasteiger partial charge in [-0.05, 0) is 55.9 Å². The molecule has 0 saturated carbocycles. The molecule has 0 spiro atoms. The molecule has 0 unspecified atom stereocenters. The van der Waals surface area contributed by atoms with Gasteiger partial charge in [0.1, 0.15) is 5.58 Å². The van der Waals surface area contributed by atoms with Crippen molar-refractivity contribution < 1.29 is 13.7 Å². The van der Waals surface area contributed by atoms with Crippen LogP contribution in [0.5, 0.6) is 0 Å². The van der Waals surface area contributed by atoms with Crippen molar-refractivity contribution >= 4 is 16.9 Å². The summed E-state index contributed by atoms with van der Waals surface area (Å²) < 4.78 is 11.0. The molecule has 0 atom stereocenters. The molecular formula is C22H27N3O3. The Balaban J connectivity index is 1.45. The number of benzene rings is 1. The zero-order valence-electron chi connectivity index (χ0n) is 17.0. The van der Waals surface area contributed by atoms with Crippen molar-refractivity contribution in [3.05, 3.63) is 46.8 Å². The van der Waals surface area contributed by atoms with Crippen LogP contribution in [0.2, 0.25) is 0 Å². The number of aryl methyl sites for hydroxylation is 2. The highest BCUT2D eigenvalue weighted by Crippen LogP contribution is 2.30. The van der Waals surface area contributed by atoms with Gasteiger partial charge in [0.25, 0.3) is 0 Å². The third-order valence-corrected chi connectivity index (χ3v) is 5.75. The monoisotopic (exact) mass is 381 g/mol. The van der Waals surface area contributed by atoms with E-state index >= 15 is 0 Å². The molecule has 1 aromatic carbocycles. The predicted octanol–water partition coefficient (Wildman–Crippen LogP) is 4.50. The fourth-order valence-electron chi connectivity index (χ4n) is 4.13. The molecule has 1 saturated heterocycles. The Morgan fingerprint density at radius 3 is 2.64 bits per heavy atom. The van der Waals surface area contributed by atoms with E-state index in [1.165, 1.54) is 11.1 Å². The number of fused-ring (bicyclic) bond motifs is 1. The van der Waals surface area contributed by atoms with Gasteiger partial charge in [-0.1, -0.05) is 19.0 Å². The Hall–Kier alpha value is -2.63. The second kappa shape index (κ2) is 7.41. The van der Waals surface area contributed by atoms with Gasteiger partial charge >= 0.3 is 0 Å². The maximum absolute atomic E-state index is 12.9. The number of piperidine rings is 1. The maximum atomic E-state index is 12.9. The van der Waals surface area contributed by atoms with Crippen LogP contribution in [0.15, 0.2) is 27.3 Å². The summed E-state index contributed by atoms with van der Waals surface area (Å²) in [6.45, 7) is 9.75. The van der Waals surface area contributed by atoms with Gasteiger partial charge in [-0.15, -0.1) is 0 Å². The largest absolute Gasteiger partial charge is 0.464 e. The van der Waals surface area contributed by atoms with E-state index < -0.39 is 0 Å². The second-order valence-electron chi connectivity index (χ2n) is 8.13. The molecule has 0 radical (unpaired) electrons. The van der Waals surface area contributed by atoms with Gasteiger partial charge < -0.3 is 13.8 Å². The fourth-order valence-corrected chi connectivity index (χ4v) is 4.13. The number of carbonyl (C=O) groups is 1. The molecule has 2 aromatic heterocycles. The lowest BCUT2D eigenvalue weighted by atomic mass is 9.94. The van der Waals surface area contributed by atoms with E-state index in [-0.39, 0.29) is 11.8 Å². The van der Waals surface area contributed by atoms with Crippen LogP contribution in [-0.4, -0.2) is 34.0 Å². The molecule has 1 fully saturated rings. The Bertz CT molecular complexity index is 994. The molecule has 28 heavy (non-hydrogen) atoms. The van der Waals surface area contributed by atoms with Crippen LogP contribution in [0.1, 0.15) is 66.9 Å². The van der Waals surface area contributed by atoms with Gasteiger partial charge in [0.15, 0.2) is 5.82 Å². The topological polar surface area (TPSA) is 72.4 Å². The lowest BCUT2D eigenvalue weighted by molar-refractivity contribution is -0.131. The molecule has 1 amide bonds. The van der Waals surface area contributed by atoms with Gasteiger partial charge in [-0.25, -0.2) is 0 Å². The summed E-state index contributed by atoms with van der Waals surface area (Å²) in [5.74, 6) is 2.19. The average Bonchev–Trinajstić information content (AvgIpc) is 3.27. The number of amides is 1. The van der Waals surface area contributed by atoms with Crippen molar-refractivity contribution in [3.8, 4) is 0 Å². The summed E-state index contributed by atoms with van der Waals surface area (Å²) in [5.41, 5.74) is 4.36. The number of rotatable bonds is 4. The van der Waals surface area contributed by atoms with E-state index in [9.17, 15) is 4.79 Å². The number of hydrogen-bond acceptors (Lipinski definition) is 5. The summed E-state index contributed by atoms with van der Waals surface area (Å²) in [5, 5.41) is 4.93. The van der Waals surface area contributed by atoms with E-state index in [0.29, 0.717) is 24.1 Å². The van der Waals surface area contributed by atoms with Gasteiger partial charge in [-0.2, -0.15) is 4.98 Å². The van der Waals surface area contributed by atoms with E-state index in [4.69, 9.17) is 8.94 Å². The van der Waals surface area contributed by atoms with E-state index in [0.717, 1.165) is 42.5 Å². The minimum absolute atomic E-state index is 0.148. The molecule has 6 heteroatoms. The first-order chi connectivity index (χ1) is 13.4. The summed E-state index contributed by atoms with van der Waals surface area (Å²) in [6.07, 6.45) is 3.82. The predicted molar refractivity (Wildman–Crippen MR) is 106 cm³/mol. The normalized spacial score (nSPS) is 15.7. The lowest BCUT2D eigenvalue weighted by Crippen LogP contribution is -2.38. The summed E-state index contributed by atoms with van der Waals surface area (Å²) in [6, 6.07) is 4.27. The molecule has 6 nitrogen and oxygen atoms in total. The SMILES string of the molecule is Cc1noc(C2CCN(C(=O)Cc3coc4cc(C)c(C(C)C)cc34)CC2)n1. The zero-order chi connectivity index (χ0) is 19.8. The quantitative estimate of drug-likeness (QED) is 0.665. The standard InChI is InChI=1S/C22H27N3O3/c1-13(2)18-11-19-17(12-27-20(19)9-14(18)3)10-21(26)25-7-5-16(6-8-25)22-23-15(4)24-28-22/h9,11-13,16H,5-8,10H2,1-4H3. The molecule has 4 rings (SSSR count). The van der Waals surface area contributed by atoms with Crippen LogP contribution in [0, 0.1) is 13.8 Å². The number of likely N-dealkylation sites (tertiary alicyclic amines) is 1. The smallest absolute Gasteiger partial charge is 0.229 e. The van der Waals surface area contributed by atoms with Crippen molar-refractivity contribution in [3.63, 3.8) is 0 Å². The lowest BCUT2D eigenvalue weighted by Gasteiger charge is -2.30. The van der Waals surface area contributed by atoms with Crippen molar-refractivity contribution in [1.29, 1.82) is 0 Å². The van der Waals surface area contributed by atoms with Crippen LogP contribution in [0.4, 0.5) is 0 Å². The third-order valence-electron chi connectivity index (χ3n) is 5.75. The van der Waals surface area contributed by atoms with Crippen LogP contribution in [0.25, 0.3) is 11.0 Å². The summed E-state index contributed by atoms with van der Waals surface area (Å²) in [4.78, 5) is 19.2. The molecule has 0 aliphatic carbocycles. The first-order valence-electron chi connectivity index (χ1n) is 10.0. The first kappa shape index (κ1) is 18.7. The molecule has 3 aromatic rings. The Labute approximate surface area is 164 Å². The van der Waals surface area contributed by atoms with Gasteiger partial charge in [0, 0.05) is 30.0 Å². The minimum Gasteiger partial charge on any atom is -0.464 e. The van der Waals surface area contributed by atoms with Crippen molar-refractivity contribution in [1.82, 2.24) is 15.0 Å². The number of furan rings is 1. The van der Waals surface area contributed by atoms with E-state index in [2.05, 4.69) is 43.0 Å². The van der Waals surface area contributed by atoms with Gasteiger partial charge in [-0.3, -0.25) is 4.79 Å². The maximum Gasteiger partial charge on any atom is 0.229 e. The minimum atomic E-state index is 0.148.